The summed E-state index contributed by atoms with van der Waals surface area (Å²) >= 11 is 3.36. The van der Waals surface area contributed by atoms with Crippen LogP contribution in [0.3, 0.4) is 0 Å². The first-order valence-electron chi connectivity index (χ1n) is 5.54. The van der Waals surface area contributed by atoms with Crippen molar-refractivity contribution in [3.05, 3.63) is 40.8 Å². The monoisotopic (exact) mass is 294 g/mol. The fourth-order valence-corrected chi connectivity index (χ4v) is 1.65. The van der Waals surface area contributed by atoms with Crippen LogP contribution in [0.25, 0.3) is 0 Å². The summed E-state index contributed by atoms with van der Waals surface area (Å²) in [7, 11) is 0. The number of nitrogens with zero attached hydrogens (tertiary/aromatic N) is 3. The molecule has 17 heavy (non-hydrogen) atoms. The van der Waals surface area contributed by atoms with E-state index in [-0.39, 0.29) is 0 Å². The molecule has 0 unspecified atom stereocenters. The molecule has 0 saturated carbocycles. The molecule has 0 spiro atoms. The minimum absolute atomic E-state index is 0.386. The molecule has 0 aliphatic rings. The highest BCUT2D eigenvalue weighted by atomic mass is 79.9. The van der Waals surface area contributed by atoms with E-state index in [9.17, 15) is 0 Å². The molecule has 2 aromatic rings. The fourth-order valence-electron chi connectivity index (χ4n) is 1.41. The zero-order chi connectivity index (χ0) is 12.3. The van der Waals surface area contributed by atoms with Gasteiger partial charge in [0.1, 0.15) is 5.82 Å². The van der Waals surface area contributed by atoms with E-state index in [1.807, 2.05) is 29.1 Å². The lowest BCUT2D eigenvalue weighted by Crippen LogP contribution is -2.05. The van der Waals surface area contributed by atoms with Crippen molar-refractivity contribution in [3.8, 4) is 0 Å². The van der Waals surface area contributed by atoms with E-state index in [0.29, 0.717) is 12.6 Å². The Bertz CT molecular complexity index is 476. The topological polar surface area (TPSA) is 42.7 Å². The number of hydrogen-bond acceptors (Lipinski definition) is 3. The van der Waals surface area contributed by atoms with Crippen LogP contribution in [0.15, 0.2) is 35.1 Å². The van der Waals surface area contributed by atoms with Crippen LogP contribution >= 0.6 is 15.9 Å². The van der Waals surface area contributed by atoms with E-state index < -0.39 is 0 Å². The molecule has 2 heterocycles. The van der Waals surface area contributed by atoms with Crippen LogP contribution in [0.2, 0.25) is 0 Å². The Kier molecular flexibility index (Phi) is 3.78. The second-order valence-electron chi connectivity index (χ2n) is 4.10. The quantitative estimate of drug-likeness (QED) is 0.941. The molecule has 0 fully saturated rings. The van der Waals surface area contributed by atoms with Gasteiger partial charge in [0.25, 0.3) is 0 Å². The normalized spacial score (nSPS) is 10.8. The van der Waals surface area contributed by atoms with Gasteiger partial charge in [0.05, 0.1) is 12.2 Å². The van der Waals surface area contributed by atoms with Gasteiger partial charge in [-0.1, -0.05) is 0 Å². The van der Waals surface area contributed by atoms with Gasteiger partial charge in [0, 0.05) is 29.0 Å². The van der Waals surface area contributed by atoms with Crippen molar-refractivity contribution in [1.82, 2.24) is 14.8 Å². The molecular formula is C12H15BrN4. The third-order valence-corrected chi connectivity index (χ3v) is 2.85. The average molecular weight is 295 g/mol. The Labute approximate surface area is 109 Å². The highest BCUT2D eigenvalue weighted by Crippen LogP contribution is 2.11. The second kappa shape index (κ2) is 5.31. The molecule has 0 aliphatic heterocycles. The van der Waals surface area contributed by atoms with Gasteiger partial charge in [0.2, 0.25) is 0 Å². The van der Waals surface area contributed by atoms with E-state index in [0.717, 1.165) is 16.0 Å². The van der Waals surface area contributed by atoms with E-state index in [4.69, 9.17) is 0 Å². The van der Waals surface area contributed by atoms with Gasteiger partial charge in [-0.05, 0) is 41.9 Å². The van der Waals surface area contributed by atoms with Crippen LogP contribution < -0.4 is 5.32 Å². The largest absolute Gasteiger partial charge is 0.363 e. The summed E-state index contributed by atoms with van der Waals surface area (Å²) in [6.07, 6.45) is 3.77. The molecule has 0 aromatic carbocycles. The molecule has 0 saturated heterocycles. The summed E-state index contributed by atoms with van der Waals surface area (Å²) < 4.78 is 2.92. The minimum atomic E-state index is 0.386. The molecule has 0 bridgehead atoms. The van der Waals surface area contributed by atoms with Crippen LogP contribution in [-0.4, -0.2) is 14.8 Å². The Morgan fingerprint density at radius 2 is 2.18 bits per heavy atom. The van der Waals surface area contributed by atoms with Crippen molar-refractivity contribution in [3.63, 3.8) is 0 Å². The Hall–Kier alpha value is -1.36. The van der Waals surface area contributed by atoms with Gasteiger partial charge in [-0.15, -0.1) is 0 Å². The zero-order valence-corrected chi connectivity index (χ0v) is 11.5. The van der Waals surface area contributed by atoms with Crippen LogP contribution in [-0.2, 0) is 6.54 Å². The van der Waals surface area contributed by atoms with Crippen molar-refractivity contribution in [2.45, 2.75) is 26.4 Å². The van der Waals surface area contributed by atoms with E-state index >= 15 is 0 Å². The molecule has 1 N–H and O–H groups in total. The zero-order valence-electron chi connectivity index (χ0n) is 9.89. The van der Waals surface area contributed by atoms with E-state index in [2.05, 4.69) is 45.2 Å². The van der Waals surface area contributed by atoms with Crippen molar-refractivity contribution in [2.75, 3.05) is 5.32 Å². The highest BCUT2D eigenvalue weighted by Gasteiger charge is 2.01. The lowest BCUT2D eigenvalue weighted by Gasteiger charge is -2.05. The van der Waals surface area contributed by atoms with Crippen LogP contribution in [0.1, 0.15) is 25.6 Å². The molecule has 5 heteroatoms. The maximum absolute atomic E-state index is 4.41. The number of anilines is 1. The lowest BCUT2D eigenvalue weighted by atomic mass is 10.3. The summed E-state index contributed by atoms with van der Waals surface area (Å²) in [6.45, 7) is 4.89. The van der Waals surface area contributed by atoms with Gasteiger partial charge < -0.3 is 5.32 Å². The highest BCUT2D eigenvalue weighted by molar-refractivity contribution is 9.10. The molecule has 0 radical (unpaired) electrons. The molecule has 0 aliphatic carbocycles. The Morgan fingerprint density at radius 3 is 2.76 bits per heavy atom. The Balaban J connectivity index is 1.95. The summed E-state index contributed by atoms with van der Waals surface area (Å²) in [5.74, 6) is 0.878. The second-order valence-corrected chi connectivity index (χ2v) is 5.01. The first-order valence-corrected chi connectivity index (χ1v) is 6.34. The third-order valence-electron chi connectivity index (χ3n) is 2.38. The lowest BCUT2D eigenvalue weighted by molar-refractivity contribution is 0.534. The molecule has 4 nitrogen and oxygen atoms in total. The standard InChI is InChI=1S/C12H15BrN4/c1-9(2)17-6-5-12(16-17)15-8-11-4-3-10(13)7-14-11/h3-7,9H,8H2,1-2H3,(H,15,16). The molecule has 0 atom stereocenters. The maximum atomic E-state index is 4.41. The van der Waals surface area contributed by atoms with E-state index in [1.54, 1.807) is 6.20 Å². The summed E-state index contributed by atoms with van der Waals surface area (Å²) in [4.78, 5) is 4.29. The van der Waals surface area contributed by atoms with Crippen LogP contribution in [0.4, 0.5) is 5.82 Å². The average Bonchev–Trinajstić information content (AvgIpc) is 2.77. The molecule has 0 amide bonds. The molecule has 90 valence electrons. The number of rotatable bonds is 4. The fraction of sp³-hybridized carbons (Fsp3) is 0.333. The number of hydrogen-bond donors (Lipinski definition) is 1. The smallest absolute Gasteiger partial charge is 0.148 e. The van der Waals surface area contributed by atoms with Gasteiger partial charge in [-0.2, -0.15) is 5.10 Å². The van der Waals surface area contributed by atoms with E-state index in [1.165, 1.54) is 0 Å². The summed E-state index contributed by atoms with van der Waals surface area (Å²) in [5.41, 5.74) is 0.993. The van der Waals surface area contributed by atoms with Crippen molar-refractivity contribution in [1.29, 1.82) is 0 Å². The first-order chi connectivity index (χ1) is 8.15. The molecule has 2 aromatic heterocycles. The number of pyridine rings is 1. The summed E-state index contributed by atoms with van der Waals surface area (Å²) in [5, 5.41) is 7.66. The molecular weight excluding hydrogens is 280 g/mol. The number of aromatic nitrogens is 3. The van der Waals surface area contributed by atoms with Crippen molar-refractivity contribution >= 4 is 21.7 Å². The first kappa shape index (κ1) is 12.1. The van der Waals surface area contributed by atoms with Gasteiger partial charge in [-0.3, -0.25) is 9.67 Å². The van der Waals surface area contributed by atoms with Crippen LogP contribution in [0, 0.1) is 0 Å². The number of halogens is 1. The maximum Gasteiger partial charge on any atom is 0.148 e. The van der Waals surface area contributed by atoms with Crippen molar-refractivity contribution in [2.24, 2.45) is 0 Å². The molecule has 2 rings (SSSR count). The summed E-state index contributed by atoms with van der Waals surface area (Å²) in [6, 6.07) is 6.32. The van der Waals surface area contributed by atoms with Crippen molar-refractivity contribution < 1.29 is 0 Å². The van der Waals surface area contributed by atoms with Gasteiger partial charge in [0.15, 0.2) is 0 Å². The third kappa shape index (κ3) is 3.30. The predicted octanol–water partition coefficient (Wildman–Crippen LogP) is 3.23. The number of nitrogens with one attached hydrogen (secondary N) is 1. The van der Waals surface area contributed by atoms with Gasteiger partial charge >= 0.3 is 0 Å². The SMILES string of the molecule is CC(C)n1ccc(NCc2ccc(Br)cn2)n1. The Morgan fingerprint density at radius 1 is 1.35 bits per heavy atom. The minimum Gasteiger partial charge on any atom is -0.363 e. The van der Waals surface area contributed by atoms with Crippen LogP contribution in [0.5, 0.6) is 0 Å². The van der Waals surface area contributed by atoms with Gasteiger partial charge in [-0.25, -0.2) is 0 Å². The predicted molar refractivity (Wildman–Crippen MR) is 71.9 cm³/mol.